The Morgan fingerprint density at radius 1 is 1.19 bits per heavy atom. The Labute approximate surface area is 139 Å². The summed E-state index contributed by atoms with van der Waals surface area (Å²) < 4.78 is 11.4. The first-order valence-corrected chi connectivity index (χ1v) is 8.17. The second kappa shape index (κ2) is 10.2. The van der Waals surface area contributed by atoms with Crippen LogP contribution < -0.4 is 0 Å². The minimum atomic E-state index is -0.0493. The SMILES string of the molecule is CCOCCN(CCOCC)C(=O)c1ccc(Cl)c(Br)c1. The van der Waals surface area contributed by atoms with E-state index in [-0.39, 0.29) is 5.91 Å². The fourth-order valence-electron chi connectivity index (χ4n) is 1.76. The highest BCUT2D eigenvalue weighted by atomic mass is 79.9. The summed E-state index contributed by atoms with van der Waals surface area (Å²) in [7, 11) is 0. The third-order valence-corrected chi connectivity index (χ3v) is 4.09. The second-order valence-corrected chi connectivity index (χ2v) is 5.58. The van der Waals surface area contributed by atoms with E-state index in [1.165, 1.54) is 0 Å². The number of rotatable bonds is 9. The Morgan fingerprint density at radius 2 is 1.76 bits per heavy atom. The molecule has 0 aliphatic heterocycles. The van der Waals surface area contributed by atoms with E-state index in [4.69, 9.17) is 21.1 Å². The highest BCUT2D eigenvalue weighted by Gasteiger charge is 2.16. The quantitative estimate of drug-likeness (QED) is 0.616. The summed E-state index contributed by atoms with van der Waals surface area (Å²) in [4.78, 5) is 14.3. The van der Waals surface area contributed by atoms with Gasteiger partial charge in [0.15, 0.2) is 0 Å². The van der Waals surface area contributed by atoms with Gasteiger partial charge in [0.2, 0.25) is 0 Å². The fraction of sp³-hybridized carbons (Fsp3) is 0.533. The molecule has 1 aromatic rings. The van der Waals surface area contributed by atoms with Crippen LogP contribution in [-0.2, 0) is 9.47 Å². The van der Waals surface area contributed by atoms with E-state index < -0.39 is 0 Å². The Bertz CT molecular complexity index is 447. The van der Waals surface area contributed by atoms with Gasteiger partial charge in [-0.15, -0.1) is 0 Å². The molecule has 118 valence electrons. The molecule has 0 aromatic heterocycles. The standard InChI is InChI=1S/C15H21BrClNO3/c1-3-20-9-7-18(8-10-21-4-2)15(19)12-5-6-14(17)13(16)11-12/h5-6,11H,3-4,7-10H2,1-2H3. The third kappa shape index (κ3) is 6.34. The summed E-state index contributed by atoms with van der Waals surface area (Å²) in [6.07, 6.45) is 0. The van der Waals surface area contributed by atoms with Crippen molar-refractivity contribution in [3.05, 3.63) is 33.3 Å². The van der Waals surface area contributed by atoms with Gasteiger partial charge in [-0.25, -0.2) is 0 Å². The van der Waals surface area contributed by atoms with E-state index in [1.54, 1.807) is 23.1 Å². The predicted molar refractivity (Wildman–Crippen MR) is 88.0 cm³/mol. The van der Waals surface area contributed by atoms with E-state index in [1.807, 2.05) is 13.8 Å². The van der Waals surface area contributed by atoms with Gasteiger partial charge in [-0.2, -0.15) is 0 Å². The maximum absolute atomic E-state index is 12.5. The van der Waals surface area contributed by atoms with Gasteiger partial charge in [0.05, 0.1) is 18.2 Å². The molecule has 0 atom stereocenters. The molecule has 0 saturated heterocycles. The Balaban J connectivity index is 2.73. The lowest BCUT2D eigenvalue weighted by atomic mass is 10.2. The lowest BCUT2D eigenvalue weighted by molar-refractivity contribution is 0.0550. The van der Waals surface area contributed by atoms with Crippen LogP contribution in [-0.4, -0.2) is 50.3 Å². The Morgan fingerprint density at radius 3 is 2.24 bits per heavy atom. The summed E-state index contributed by atoms with van der Waals surface area (Å²) in [5.41, 5.74) is 0.597. The predicted octanol–water partition coefficient (Wildman–Crippen LogP) is 3.62. The zero-order valence-corrected chi connectivity index (χ0v) is 14.7. The van der Waals surface area contributed by atoms with Crippen molar-refractivity contribution in [2.45, 2.75) is 13.8 Å². The minimum absolute atomic E-state index is 0.0493. The summed E-state index contributed by atoms with van der Waals surface area (Å²) >= 11 is 9.30. The van der Waals surface area contributed by atoms with Crippen LogP contribution in [0.3, 0.4) is 0 Å². The number of benzene rings is 1. The number of hydrogen-bond donors (Lipinski definition) is 0. The van der Waals surface area contributed by atoms with E-state index in [0.29, 0.717) is 54.6 Å². The molecule has 1 rings (SSSR count). The fourth-order valence-corrected chi connectivity index (χ4v) is 2.26. The highest BCUT2D eigenvalue weighted by Crippen LogP contribution is 2.23. The molecule has 0 heterocycles. The van der Waals surface area contributed by atoms with Gasteiger partial charge in [-0.3, -0.25) is 4.79 Å². The van der Waals surface area contributed by atoms with Gasteiger partial charge in [0, 0.05) is 36.3 Å². The van der Waals surface area contributed by atoms with E-state index >= 15 is 0 Å². The average molecular weight is 379 g/mol. The van der Waals surface area contributed by atoms with Crippen LogP contribution in [0.1, 0.15) is 24.2 Å². The smallest absolute Gasteiger partial charge is 0.254 e. The van der Waals surface area contributed by atoms with Crippen LogP contribution in [0.15, 0.2) is 22.7 Å². The van der Waals surface area contributed by atoms with Crippen LogP contribution in [0, 0.1) is 0 Å². The zero-order valence-electron chi connectivity index (χ0n) is 12.4. The molecule has 0 aliphatic rings. The number of amides is 1. The van der Waals surface area contributed by atoms with E-state index in [0.717, 1.165) is 0 Å². The van der Waals surface area contributed by atoms with Gasteiger partial charge in [-0.1, -0.05) is 11.6 Å². The van der Waals surface area contributed by atoms with Crippen molar-refractivity contribution in [1.29, 1.82) is 0 Å². The molecule has 0 bridgehead atoms. The monoisotopic (exact) mass is 377 g/mol. The zero-order chi connectivity index (χ0) is 15.7. The molecule has 1 aromatic carbocycles. The first kappa shape index (κ1) is 18.4. The first-order valence-electron chi connectivity index (χ1n) is 7.00. The Hall–Kier alpha value is -0.620. The molecule has 0 spiro atoms. The lowest BCUT2D eigenvalue weighted by Crippen LogP contribution is -2.36. The molecule has 0 fully saturated rings. The van der Waals surface area contributed by atoms with Gasteiger partial charge in [0.25, 0.3) is 5.91 Å². The summed E-state index contributed by atoms with van der Waals surface area (Å²) in [5.74, 6) is -0.0493. The molecule has 0 radical (unpaired) electrons. The normalized spacial score (nSPS) is 10.7. The molecule has 0 N–H and O–H groups in total. The third-order valence-electron chi connectivity index (χ3n) is 2.87. The van der Waals surface area contributed by atoms with Crippen molar-refractivity contribution in [1.82, 2.24) is 4.90 Å². The molecule has 1 amide bonds. The molecule has 0 aliphatic carbocycles. The first-order chi connectivity index (χ1) is 10.1. The molecule has 6 heteroatoms. The average Bonchev–Trinajstić information content (AvgIpc) is 2.48. The maximum Gasteiger partial charge on any atom is 0.254 e. The number of carbonyl (C=O) groups is 1. The molecule has 21 heavy (non-hydrogen) atoms. The van der Waals surface area contributed by atoms with E-state index in [2.05, 4.69) is 15.9 Å². The molecular formula is C15H21BrClNO3. The van der Waals surface area contributed by atoms with Crippen molar-refractivity contribution >= 4 is 33.4 Å². The van der Waals surface area contributed by atoms with Gasteiger partial charge in [-0.05, 0) is 48.0 Å². The van der Waals surface area contributed by atoms with Crippen molar-refractivity contribution in [3.8, 4) is 0 Å². The summed E-state index contributed by atoms with van der Waals surface area (Å²) in [6, 6.07) is 5.17. The van der Waals surface area contributed by atoms with Crippen molar-refractivity contribution in [3.63, 3.8) is 0 Å². The van der Waals surface area contributed by atoms with Crippen LogP contribution >= 0.6 is 27.5 Å². The molecular weight excluding hydrogens is 358 g/mol. The number of carbonyl (C=O) groups excluding carboxylic acids is 1. The topological polar surface area (TPSA) is 38.8 Å². The van der Waals surface area contributed by atoms with Crippen LogP contribution in [0.5, 0.6) is 0 Å². The largest absolute Gasteiger partial charge is 0.380 e. The summed E-state index contributed by atoms with van der Waals surface area (Å²) in [6.45, 7) is 7.26. The number of hydrogen-bond acceptors (Lipinski definition) is 3. The molecule has 0 unspecified atom stereocenters. The van der Waals surface area contributed by atoms with Crippen LogP contribution in [0.2, 0.25) is 5.02 Å². The lowest BCUT2D eigenvalue weighted by Gasteiger charge is -2.22. The van der Waals surface area contributed by atoms with Crippen molar-refractivity contribution < 1.29 is 14.3 Å². The van der Waals surface area contributed by atoms with Crippen molar-refractivity contribution in [2.75, 3.05) is 39.5 Å². The molecule has 0 saturated carbocycles. The second-order valence-electron chi connectivity index (χ2n) is 4.31. The number of halogens is 2. The van der Waals surface area contributed by atoms with Gasteiger partial charge in [0.1, 0.15) is 0 Å². The van der Waals surface area contributed by atoms with E-state index in [9.17, 15) is 4.79 Å². The van der Waals surface area contributed by atoms with Crippen LogP contribution in [0.25, 0.3) is 0 Å². The molecule has 4 nitrogen and oxygen atoms in total. The highest BCUT2D eigenvalue weighted by molar-refractivity contribution is 9.10. The van der Waals surface area contributed by atoms with Gasteiger partial charge < -0.3 is 14.4 Å². The number of ether oxygens (including phenoxy) is 2. The van der Waals surface area contributed by atoms with Gasteiger partial charge >= 0.3 is 0 Å². The Kier molecular flexibility index (Phi) is 8.92. The van der Waals surface area contributed by atoms with Crippen LogP contribution in [0.4, 0.5) is 0 Å². The van der Waals surface area contributed by atoms with Crippen molar-refractivity contribution in [2.24, 2.45) is 0 Å². The summed E-state index contributed by atoms with van der Waals surface area (Å²) in [5, 5.41) is 0.585. The minimum Gasteiger partial charge on any atom is -0.380 e. The maximum atomic E-state index is 12.5. The number of nitrogens with zero attached hydrogens (tertiary/aromatic N) is 1.